The fourth-order valence-corrected chi connectivity index (χ4v) is 5.73. The van der Waals surface area contributed by atoms with E-state index >= 15 is 0 Å². The summed E-state index contributed by atoms with van der Waals surface area (Å²) in [6.45, 7) is 3.36. The van der Waals surface area contributed by atoms with Gasteiger partial charge < -0.3 is 14.7 Å². The van der Waals surface area contributed by atoms with Crippen LogP contribution in [0.15, 0.2) is 39.9 Å². The number of hydrogen-bond donors (Lipinski definition) is 1. The quantitative estimate of drug-likeness (QED) is 0.623. The zero-order chi connectivity index (χ0) is 22.8. The molecule has 1 aromatic carbocycles. The first-order valence-corrected chi connectivity index (χ1v) is 12.2. The van der Waals surface area contributed by atoms with Gasteiger partial charge in [0.2, 0.25) is 10.0 Å². The minimum Gasteiger partial charge on any atom is -0.454 e. The number of hydrogen-bond acceptors (Lipinski definition) is 7. The number of amides is 1. The monoisotopic (exact) mass is 466 g/mol. The lowest BCUT2D eigenvalue weighted by molar-refractivity contribution is -0.154. The molecule has 8 nitrogen and oxygen atoms in total. The van der Waals surface area contributed by atoms with Crippen LogP contribution >= 0.6 is 11.3 Å². The van der Waals surface area contributed by atoms with Gasteiger partial charge in [0, 0.05) is 26.6 Å². The molecule has 0 bridgehead atoms. The Balaban J connectivity index is 1.67. The van der Waals surface area contributed by atoms with Crippen LogP contribution in [0.3, 0.4) is 0 Å². The predicted molar refractivity (Wildman–Crippen MR) is 116 cm³/mol. The average Bonchev–Trinajstić information content (AvgIpc) is 3.37. The van der Waals surface area contributed by atoms with Crippen molar-refractivity contribution in [3.8, 4) is 0 Å². The smallest absolute Gasteiger partial charge is 0.325 e. The van der Waals surface area contributed by atoms with E-state index in [0.717, 1.165) is 21.0 Å². The number of rotatable bonds is 7. The third-order valence-electron chi connectivity index (χ3n) is 5.35. The highest BCUT2D eigenvalue weighted by Gasteiger charge is 2.44. The number of aliphatic hydroxyl groups excluding tert-OH is 1. The zero-order valence-electron chi connectivity index (χ0n) is 17.6. The number of esters is 1. The van der Waals surface area contributed by atoms with Gasteiger partial charge in [-0.1, -0.05) is 6.07 Å². The Morgan fingerprint density at radius 2 is 2.00 bits per heavy atom. The van der Waals surface area contributed by atoms with Gasteiger partial charge in [0.15, 0.2) is 6.61 Å². The Morgan fingerprint density at radius 3 is 2.65 bits per heavy atom. The minimum atomic E-state index is -4.02. The number of β-amino-alcohol motifs (C(OH)–C–C–N with tert-alkyl or cyclic N) is 1. The summed E-state index contributed by atoms with van der Waals surface area (Å²) < 4.78 is 32.3. The van der Waals surface area contributed by atoms with E-state index in [4.69, 9.17) is 4.74 Å². The van der Waals surface area contributed by atoms with Gasteiger partial charge in [0.05, 0.1) is 11.0 Å². The largest absolute Gasteiger partial charge is 0.454 e. The highest BCUT2D eigenvalue weighted by Crippen LogP contribution is 2.28. The molecule has 0 saturated carbocycles. The van der Waals surface area contributed by atoms with Crippen molar-refractivity contribution in [2.45, 2.75) is 43.9 Å². The molecule has 2 aromatic rings. The third kappa shape index (κ3) is 5.32. The molecule has 1 amide bonds. The standard InChI is InChI=1S/C21H26N2O6S2/c1-14-4-5-18(8-15(14)2)31(27,28)23-11-17(24)9-19(23)21(26)29-12-20(25)22(3)10-16-6-7-30-13-16/h4-8,13,17,19,24H,9-12H2,1-3H3/t17-,19-/m1/s1. The number of sulfonamides is 1. The normalized spacial score (nSPS) is 19.4. The fourth-order valence-electron chi connectivity index (χ4n) is 3.36. The summed E-state index contributed by atoms with van der Waals surface area (Å²) in [5.41, 5.74) is 2.72. The number of carbonyl (C=O) groups excluding carboxylic acids is 2. The van der Waals surface area contributed by atoms with Gasteiger partial charge in [-0.05, 0) is 59.5 Å². The van der Waals surface area contributed by atoms with Crippen LogP contribution in [0.5, 0.6) is 0 Å². The SMILES string of the molecule is Cc1ccc(S(=O)(=O)N2C[C@H](O)C[C@@H]2C(=O)OCC(=O)N(C)Cc2ccsc2)cc1C. The summed E-state index contributed by atoms with van der Waals surface area (Å²) >= 11 is 1.52. The molecule has 0 radical (unpaired) electrons. The van der Waals surface area contributed by atoms with Gasteiger partial charge in [-0.2, -0.15) is 15.6 Å². The topological polar surface area (TPSA) is 104 Å². The maximum absolute atomic E-state index is 13.1. The van der Waals surface area contributed by atoms with Crippen molar-refractivity contribution in [2.75, 3.05) is 20.2 Å². The first-order valence-electron chi connectivity index (χ1n) is 9.78. The van der Waals surface area contributed by atoms with Gasteiger partial charge in [-0.3, -0.25) is 9.59 Å². The van der Waals surface area contributed by atoms with Crippen LogP contribution in [-0.2, 0) is 30.9 Å². The maximum Gasteiger partial charge on any atom is 0.325 e. The van der Waals surface area contributed by atoms with E-state index in [0.29, 0.717) is 6.54 Å². The molecule has 3 rings (SSSR count). The third-order valence-corrected chi connectivity index (χ3v) is 7.96. The number of nitrogens with zero attached hydrogens (tertiary/aromatic N) is 2. The van der Waals surface area contributed by atoms with E-state index in [-0.39, 0.29) is 17.9 Å². The second kappa shape index (κ2) is 9.47. The summed E-state index contributed by atoms with van der Waals surface area (Å²) in [6, 6.07) is 5.44. The first-order chi connectivity index (χ1) is 14.6. The lowest BCUT2D eigenvalue weighted by atomic mass is 10.1. The van der Waals surface area contributed by atoms with E-state index in [2.05, 4.69) is 0 Å². The molecule has 10 heteroatoms. The van der Waals surface area contributed by atoms with E-state index in [1.54, 1.807) is 26.1 Å². The van der Waals surface area contributed by atoms with Crippen molar-refractivity contribution in [3.05, 3.63) is 51.7 Å². The number of likely N-dealkylation sites (N-methyl/N-ethyl adjacent to an activating group) is 1. The molecule has 0 aliphatic carbocycles. The lowest BCUT2D eigenvalue weighted by Gasteiger charge is -2.23. The highest BCUT2D eigenvalue weighted by atomic mass is 32.2. The minimum absolute atomic E-state index is 0.0501. The van der Waals surface area contributed by atoms with Crippen molar-refractivity contribution in [2.24, 2.45) is 0 Å². The molecular formula is C21H26N2O6S2. The summed E-state index contributed by atoms with van der Waals surface area (Å²) in [5.74, 6) is -1.25. The number of benzene rings is 1. The summed E-state index contributed by atoms with van der Waals surface area (Å²) in [6.07, 6.45) is -1.07. The second-order valence-electron chi connectivity index (χ2n) is 7.72. The Kier molecular flexibility index (Phi) is 7.15. The number of thiophene rings is 1. The molecule has 0 unspecified atom stereocenters. The molecule has 31 heavy (non-hydrogen) atoms. The summed E-state index contributed by atoms with van der Waals surface area (Å²) in [5, 5.41) is 13.9. The van der Waals surface area contributed by atoms with Crippen LogP contribution in [0.25, 0.3) is 0 Å². The van der Waals surface area contributed by atoms with Gasteiger partial charge in [-0.15, -0.1) is 0 Å². The van der Waals surface area contributed by atoms with Crippen LogP contribution in [0.1, 0.15) is 23.1 Å². The van der Waals surface area contributed by atoms with Crippen molar-refractivity contribution in [1.82, 2.24) is 9.21 Å². The van der Waals surface area contributed by atoms with Gasteiger partial charge in [0.25, 0.3) is 5.91 Å². The Morgan fingerprint density at radius 1 is 1.26 bits per heavy atom. The van der Waals surface area contributed by atoms with Crippen LogP contribution in [-0.4, -0.2) is 67.0 Å². The molecule has 1 aliphatic heterocycles. The van der Waals surface area contributed by atoms with Crippen LogP contribution in [0.2, 0.25) is 0 Å². The van der Waals surface area contributed by atoms with Crippen molar-refractivity contribution in [1.29, 1.82) is 0 Å². The molecular weight excluding hydrogens is 440 g/mol. The molecule has 1 aliphatic rings. The number of carbonyl (C=O) groups is 2. The molecule has 0 spiro atoms. The second-order valence-corrected chi connectivity index (χ2v) is 10.4. The summed E-state index contributed by atoms with van der Waals surface area (Å²) in [4.78, 5) is 26.4. The Bertz CT molecular complexity index is 1050. The number of ether oxygens (including phenoxy) is 1. The van der Waals surface area contributed by atoms with Crippen LogP contribution in [0.4, 0.5) is 0 Å². The molecule has 1 N–H and O–H groups in total. The van der Waals surface area contributed by atoms with Crippen LogP contribution in [0, 0.1) is 13.8 Å². The average molecular weight is 467 g/mol. The predicted octanol–water partition coefficient (Wildman–Crippen LogP) is 1.69. The van der Waals surface area contributed by atoms with Gasteiger partial charge >= 0.3 is 5.97 Å². The van der Waals surface area contributed by atoms with E-state index in [1.165, 1.54) is 22.3 Å². The van der Waals surface area contributed by atoms with Crippen molar-refractivity contribution in [3.63, 3.8) is 0 Å². The lowest BCUT2D eigenvalue weighted by Crippen LogP contribution is -2.42. The van der Waals surface area contributed by atoms with Crippen molar-refractivity contribution < 1.29 is 27.9 Å². The molecule has 1 saturated heterocycles. The molecule has 1 fully saturated rings. The first kappa shape index (κ1) is 23.4. The van der Waals surface area contributed by atoms with Crippen molar-refractivity contribution >= 4 is 33.2 Å². The van der Waals surface area contributed by atoms with E-state index in [9.17, 15) is 23.1 Å². The molecule has 168 valence electrons. The van der Waals surface area contributed by atoms with Gasteiger partial charge in [-0.25, -0.2) is 8.42 Å². The highest BCUT2D eigenvalue weighted by molar-refractivity contribution is 7.89. The molecule has 2 atom stereocenters. The number of aryl methyl sites for hydroxylation is 2. The molecule has 2 heterocycles. The fraction of sp³-hybridized carbons (Fsp3) is 0.429. The van der Waals surface area contributed by atoms with E-state index in [1.807, 2.05) is 23.8 Å². The van der Waals surface area contributed by atoms with Crippen LogP contribution < -0.4 is 0 Å². The maximum atomic E-state index is 13.1. The number of aliphatic hydroxyl groups is 1. The Labute approximate surface area is 186 Å². The molecule has 1 aromatic heterocycles. The van der Waals surface area contributed by atoms with E-state index < -0.39 is 40.7 Å². The Hall–Kier alpha value is -2.27. The zero-order valence-corrected chi connectivity index (χ0v) is 19.3. The van der Waals surface area contributed by atoms with Gasteiger partial charge in [0.1, 0.15) is 6.04 Å². The summed E-state index contributed by atoms with van der Waals surface area (Å²) in [7, 11) is -2.42.